The number of H-pyrrole nitrogens is 1. The van der Waals surface area contributed by atoms with Crippen LogP contribution in [0.25, 0.3) is 11.0 Å². The summed E-state index contributed by atoms with van der Waals surface area (Å²) in [6.07, 6.45) is 10.3. The average molecular weight is 604 g/mol. The van der Waals surface area contributed by atoms with Crippen LogP contribution in [0.3, 0.4) is 0 Å². The van der Waals surface area contributed by atoms with E-state index in [4.69, 9.17) is 16.3 Å². The van der Waals surface area contributed by atoms with Gasteiger partial charge in [-0.2, -0.15) is 0 Å². The number of benzene rings is 2. The van der Waals surface area contributed by atoms with Crippen molar-refractivity contribution in [1.29, 1.82) is 0 Å². The van der Waals surface area contributed by atoms with E-state index in [1.165, 1.54) is 6.33 Å². The van der Waals surface area contributed by atoms with Crippen molar-refractivity contribution >= 4 is 40.1 Å². The lowest BCUT2D eigenvalue weighted by atomic mass is 9.91. The van der Waals surface area contributed by atoms with Crippen LogP contribution in [0.1, 0.15) is 80.6 Å². The van der Waals surface area contributed by atoms with E-state index >= 15 is 0 Å². The lowest BCUT2D eigenvalue weighted by molar-refractivity contribution is -0.122. The van der Waals surface area contributed by atoms with E-state index in [0.29, 0.717) is 50.9 Å². The third-order valence-electron chi connectivity index (χ3n) is 7.84. The number of carbonyl (C=O) groups is 2. The first kappa shape index (κ1) is 30.5. The van der Waals surface area contributed by atoms with Crippen LogP contribution in [0.5, 0.6) is 11.5 Å². The van der Waals surface area contributed by atoms with Crippen molar-refractivity contribution in [2.45, 2.75) is 82.9 Å². The highest BCUT2D eigenvalue weighted by atomic mass is 35.5. The molecule has 1 amide bonds. The number of fused-ring (bicyclic) bond motifs is 1. The maximum atomic E-state index is 13.7. The molecule has 0 saturated heterocycles. The number of aromatic nitrogens is 3. The van der Waals surface area contributed by atoms with Crippen molar-refractivity contribution in [3.63, 3.8) is 0 Å². The number of aliphatic hydroxyl groups excluding tert-OH is 1. The van der Waals surface area contributed by atoms with Gasteiger partial charge in [0.1, 0.15) is 29.3 Å². The second-order valence-corrected chi connectivity index (χ2v) is 11.7. The number of anilines is 1. The number of hydrogen-bond acceptors (Lipinski definition) is 7. The predicted molar refractivity (Wildman–Crippen MR) is 168 cm³/mol. The third-order valence-corrected chi connectivity index (χ3v) is 8.15. The van der Waals surface area contributed by atoms with Crippen LogP contribution < -0.4 is 15.4 Å². The summed E-state index contributed by atoms with van der Waals surface area (Å²) in [7, 11) is 0. The summed E-state index contributed by atoms with van der Waals surface area (Å²) >= 11 is 6.56. The highest BCUT2D eigenvalue weighted by Crippen LogP contribution is 2.32. The molecule has 2 heterocycles. The molecule has 0 radical (unpaired) electrons. The first-order chi connectivity index (χ1) is 20.9. The number of ketones is 1. The topological polar surface area (TPSA) is 129 Å². The summed E-state index contributed by atoms with van der Waals surface area (Å²) in [5, 5.41) is 17.0. The van der Waals surface area contributed by atoms with Gasteiger partial charge in [-0.05, 0) is 69.7 Å². The molecule has 1 aliphatic carbocycles. The Morgan fingerprint density at radius 1 is 1.00 bits per heavy atom. The van der Waals surface area contributed by atoms with Gasteiger partial charge in [-0.15, -0.1) is 0 Å². The molecule has 1 aliphatic rings. The third kappa shape index (κ3) is 8.12. The Morgan fingerprint density at radius 3 is 2.51 bits per heavy atom. The van der Waals surface area contributed by atoms with Crippen molar-refractivity contribution in [3.05, 3.63) is 77.2 Å². The number of aliphatic hydroxyl groups is 1. The number of ether oxygens (including phenoxy) is 1. The highest BCUT2D eigenvalue weighted by Gasteiger charge is 2.25. The van der Waals surface area contributed by atoms with Crippen LogP contribution in [0, 0.1) is 0 Å². The molecular formula is C33H38ClN5O4. The number of halogens is 1. The first-order valence-corrected chi connectivity index (χ1v) is 15.4. The van der Waals surface area contributed by atoms with Gasteiger partial charge in [-0.1, -0.05) is 42.6 Å². The molecule has 0 spiro atoms. The minimum Gasteiger partial charge on any atom is -0.457 e. The summed E-state index contributed by atoms with van der Waals surface area (Å²) in [4.78, 5) is 38.0. The summed E-state index contributed by atoms with van der Waals surface area (Å²) < 4.78 is 5.86. The van der Waals surface area contributed by atoms with Crippen molar-refractivity contribution in [2.75, 3.05) is 5.32 Å². The summed E-state index contributed by atoms with van der Waals surface area (Å²) in [5.74, 6) is 1.67. The molecule has 1 saturated carbocycles. The lowest BCUT2D eigenvalue weighted by Crippen LogP contribution is -2.40. The fourth-order valence-corrected chi connectivity index (χ4v) is 5.80. The van der Waals surface area contributed by atoms with E-state index in [-0.39, 0.29) is 29.9 Å². The molecule has 4 aromatic rings. The van der Waals surface area contributed by atoms with Gasteiger partial charge < -0.3 is 25.5 Å². The number of rotatable bonds is 13. The molecule has 1 fully saturated rings. The van der Waals surface area contributed by atoms with Crippen LogP contribution in [0.2, 0.25) is 5.02 Å². The number of carbonyl (C=O) groups excluding carboxylic acids is 2. The van der Waals surface area contributed by atoms with E-state index < -0.39 is 0 Å². The Balaban J connectivity index is 1.19. The Bertz CT molecular complexity index is 1530. The fraction of sp³-hybridized carbons (Fsp3) is 0.394. The zero-order valence-corrected chi connectivity index (χ0v) is 25.1. The molecule has 10 heteroatoms. The quantitative estimate of drug-likeness (QED) is 0.0976. The number of para-hydroxylation sites is 1. The average Bonchev–Trinajstić information content (AvgIpc) is 3.43. The Labute approximate surface area is 256 Å². The van der Waals surface area contributed by atoms with Gasteiger partial charge in [0, 0.05) is 36.3 Å². The molecule has 2 aromatic carbocycles. The SMILES string of the molecule is CC(O)CCCCCC(=O)NC1CCC(Nc2ncnc3[nH]cc(C(=O)c4ccc(Oc5ccccc5)cc4Cl)c23)CC1. The monoisotopic (exact) mass is 603 g/mol. The summed E-state index contributed by atoms with van der Waals surface area (Å²) in [6.45, 7) is 1.79. The van der Waals surface area contributed by atoms with E-state index in [9.17, 15) is 14.7 Å². The number of hydrogen-bond donors (Lipinski definition) is 4. The largest absolute Gasteiger partial charge is 0.457 e. The van der Waals surface area contributed by atoms with Crippen LogP contribution in [-0.2, 0) is 4.79 Å². The summed E-state index contributed by atoms with van der Waals surface area (Å²) in [6, 6.07) is 14.7. The van der Waals surface area contributed by atoms with Gasteiger partial charge in [0.25, 0.3) is 0 Å². The van der Waals surface area contributed by atoms with E-state index in [2.05, 4.69) is 25.6 Å². The minimum atomic E-state index is -0.280. The molecule has 1 atom stereocenters. The van der Waals surface area contributed by atoms with Crippen molar-refractivity contribution in [1.82, 2.24) is 20.3 Å². The lowest BCUT2D eigenvalue weighted by Gasteiger charge is -2.30. The fourth-order valence-electron chi connectivity index (χ4n) is 5.54. The van der Waals surface area contributed by atoms with Crippen LogP contribution >= 0.6 is 11.6 Å². The zero-order chi connectivity index (χ0) is 30.2. The van der Waals surface area contributed by atoms with Gasteiger partial charge in [-0.3, -0.25) is 9.59 Å². The second kappa shape index (κ2) is 14.5. The van der Waals surface area contributed by atoms with Crippen molar-refractivity contribution in [2.24, 2.45) is 0 Å². The number of unbranched alkanes of at least 4 members (excludes halogenated alkanes) is 2. The minimum absolute atomic E-state index is 0.0970. The number of aromatic amines is 1. The maximum Gasteiger partial charge on any atom is 0.220 e. The number of nitrogens with one attached hydrogen (secondary N) is 3. The molecule has 43 heavy (non-hydrogen) atoms. The van der Waals surface area contributed by atoms with Gasteiger partial charge >= 0.3 is 0 Å². The molecule has 4 N–H and O–H groups in total. The molecule has 1 unspecified atom stereocenters. The molecule has 226 valence electrons. The van der Waals surface area contributed by atoms with E-state index in [1.807, 2.05) is 30.3 Å². The first-order valence-electron chi connectivity index (χ1n) is 15.0. The standard InChI is InChI=1S/C33H38ClN5O4/c1-21(40)8-4-2-7-11-29(41)38-22-12-14-23(15-13-22)39-33-30-27(19-35-32(30)36-20-37-33)31(42)26-17-16-25(18-28(26)34)43-24-9-5-3-6-10-24/h3,5-6,9-10,16-23,40H,2,4,7-8,11-15H2,1H3,(H,38,41)(H2,35,36,37,39). The zero-order valence-electron chi connectivity index (χ0n) is 24.3. The van der Waals surface area contributed by atoms with E-state index in [1.54, 1.807) is 31.3 Å². The van der Waals surface area contributed by atoms with Gasteiger partial charge in [-0.25, -0.2) is 9.97 Å². The molecule has 0 aliphatic heterocycles. The van der Waals surface area contributed by atoms with E-state index in [0.717, 1.165) is 51.4 Å². The Hall–Kier alpha value is -3.95. The molecule has 9 nitrogen and oxygen atoms in total. The van der Waals surface area contributed by atoms with Gasteiger partial charge in [0.15, 0.2) is 5.78 Å². The predicted octanol–water partition coefficient (Wildman–Crippen LogP) is 6.81. The van der Waals surface area contributed by atoms with Crippen LogP contribution in [0.15, 0.2) is 61.1 Å². The van der Waals surface area contributed by atoms with Crippen molar-refractivity contribution < 1.29 is 19.4 Å². The van der Waals surface area contributed by atoms with Crippen LogP contribution in [0.4, 0.5) is 5.82 Å². The molecule has 0 bridgehead atoms. The second-order valence-electron chi connectivity index (χ2n) is 11.2. The maximum absolute atomic E-state index is 13.7. The summed E-state index contributed by atoms with van der Waals surface area (Å²) in [5.41, 5.74) is 1.36. The van der Waals surface area contributed by atoms with Crippen LogP contribution in [-0.4, -0.2) is 49.9 Å². The highest BCUT2D eigenvalue weighted by molar-refractivity contribution is 6.35. The number of nitrogens with zero attached hydrogens (tertiary/aromatic N) is 2. The molecular weight excluding hydrogens is 566 g/mol. The Morgan fingerprint density at radius 2 is 1.77 bits per heavy atom. The smallest absolute Gasteiger partial charge is 0.220 e. The Kier molecular flexibility index (Phi) is 10.3. The van der Waals surface area contributed by atoms with Crippen molar-refractivity contribution in [3.8, 4) is 11.5 Å². The van der Waals surface area contributed by atoms with Gasteiger partial charge in [0.05, 0.1) is 22.1 Å². The van der Waals surface area contributed by atoms with Gasteiger partial charge in [0.2, 0.25) is 5.91 Å². The number of amides is 1. The molecule has 2 aromatic heterocycles. The molecule has 5 rings (SSSR count). The normalized spacial score (nSPS) is 17.4.